The van der Waals surface area contributed by atoms with E-state index >= 15 is 0 Å². The number of aromatic hydroxyl groups is 1. The van der Waals surface area contributed by atoms with Crippen molar-refractivity contribution >= 4 is 5.91 Å². The summed E-state index contributed by atoms with van der Waals surface area (Å²) >= 11 is 0. The molecule has 90 valence electrons. The van der Waals surface area contributed by atoms with Crippen LogP contribution in [0.2, 0.25) is 0 Å². The number of rotatable bonds is 2. The Labute approximate surface area is 101 Å². The van der Waals surface area contributed by atoms with Gasteiger partial charge in [-0.1, -0.05) is 26.0 Å². The first-order valence-electron chi connectivity index (χ1n) is 6.07. The van der Waals surface area contributed by atoms with E-state index in [0.717, 1.165) is 12.1 Å². The van der Waals surface area contributed by atoms with Crippen molar-refractivity contribution in [3.8, 4) is 5.75 Å². The lowest BCUT2D eigenvalue weighted by Gasteiger charge is -2.22. The predicted molar refractivity (Wildman–Crippen MR) is 64.3 cm³/mol. The SMILES string of the molecule is CC1(C)C2CN(Cc3ccc(O)cc3)C(=O)C21. The van der Waals surface area contributed by atoms with Crippen LogP contribution in [-0.4, -0.2) is 22.5 Å². The van der Waals surface area contributed by atoms with Crippen molar-refractivity contribution in [1.29, 1.82) is 0 Å². The number of hydrogen-bond donors (Lipinski definition) is 1. The molecule has 2 aliphatic rings. The summed E-state index contributed by atoms with van der Waals surface area (Å²) in [5, 5.41) is 9.21. The predicted octanol–water partition coefficient (Wildman–Crippen LogP) is 2.01. The number of likely N-dealkylation sites (tertiary alicyclic amines) is 1. The molecule has 3 rings (SSSR count). The van der Waals surface area contributed by atoms with Gasteiger partial charge in [-0.15, -0.1) is 0 Å². The van der Waals surface area contributed by atoms with Crippen LogP contribution in [0.1, 0.15) is 19.4 Å². The first-order valence-corrected chi connectivity index (χ1v) is 6.07. The Morgan fingerprint density at radius 2 is 2.00 bits per heavy atom. The maximum atomic E-state index is 12.1. The quantitative estimate of drug-likeness (QED) is 0.845. The number of amides is 1. The number of fused-ring (bicyclic) bond motifs is 1. The van der Waals surface area contributed by atoms with Gasteiger partial charge in [0.15, 0.2) is 0 Å². The Bertz CT molecular complexity index is 464. The van der Waals surface area contributed by atoms with Crippen LogP contribution in [0, 0.1) is 17.3 Å². The lowest BCUT2D eigenvalue weighted by Crippen LogP contribution is -2.31. The highest BCUT2D eigenvalue weighted by atomic mass is 16.3. The third-order valence-electron chi connectivity index (χ3n) is 4.36. The van der Waals surface area contributed by atoms with E-state index in [0.29, 0.717) is 18.4 Å². The molecule has 1 aromatic carbocycles. The molecule has 0 spiro atoms. The zero-order chi connectivity index (χ0) is 12.2. The largest absolute Gasteiger partial charge is 0.508 e. The molecule has 0 aromatic heterocycles. The van der Waals surface area contributed by atoms with Crippen molar-refractivity contribution in [3.05, 3.63) is 29.8 Å². The van der Waals surface area contributed by atoms with Crippen LogP contribution in [0.15, 0.2) is 24.3 Å². The second kappa shape index (κ2) is 3.25. The highest BCUT2D eigenvalue weighted by Gasteiger charge is 2.67. The number of carbonyl (C=O) groups is 1. The molecule has 17 heavy (non-hydrogen) atoms. The van der Waals surface area contributed by atoms with E-state index in [9.17, 15) is 9.90 Å². The topological polar surface area (TPSA) is 40.5 Å². The summed E-state index contributed by atoms with van der Waals surface area (Å²) in [6.07, 6.45) is 0. The maximum absolute atomic E-state index is 12.1. The fourth-order valence-electron chi connectivity index (χ4n) is 3.06. The molecule has 2 atom stereocenters. The second-order valence-corrected chi connectivity index (χ2v) is 5.79. The second-order valence-electron chi connectivity index (χ2n) is 5.79. The number of phenols is 1. The van der Waals surface area contributed by atoms with E-state index in [1.165, 1.54) is 0 Å². The molecule has 1 aromatic rings. The Morgan fingerprint density at radius 3 is 2.53 bits per heavy atom. The molecule has 0 radical (unpaired) electrons. The molecule has 1 aliphatic carbocycles. The molecule has 3 heteroatoms. The number of hydrogen-bond acceptors (Lipinski definition) is 2. The van der Waals surface area contributed by atoms with Crippen LogP contribution in [0.25, 0.3) is 0 Å². The molecule has 3 nitrogen and oxygen atoms in total. The van der Waals surface area contributed by atoms with Gasteiger partial charge in [0.1, 0.15) is 5.75 Å². The first kappa shape index (κ1) is 10.6. The average Bonchev–Trinajstić information content (AvgIpc) is 2.63. The standard InChI is InChI=1S/C14H17NO2/c1-14(2)11-8-15(13(17)12(11)14)7-9-3-5-10(16)6-4-9/h3-6,11-12,16H,7-8H2,1-2H3. The van der Waals surface area contributed by atoms with Crippen molar-refractivity contribution < 1.29 is 9.90 Å². The van der Waals surface area contributed by atoms with Gasteiger partial charge in [-0.25, -0.2) is 0 Å². The van der Waals surface area contributed by atoms with Crippen molar-refractivity contribution in [2.75, 3.05) is 6.54 Å². The summed E-state index contributed by atoms with van der Waals surface area (Å²) in [7, 11) is 0. The minimum Gasteiger partial charge on any atom is -0.508 e. The molecule has 0 bridgehead atoms. The van der Waals surface area contributed by atoms with Crippen molar-refractivity contribution in [3.63, 3.8) is 0 Å². The molecule has 1 saturated carbocycles. The Kier molecular flexibility index (Phi) is 2.03. The Hall–Kier alpha value is -1.51. The van der Waals surface area contributed by atoms with Gasteiger partial charge in [0.25, 0.3) is 0 Å². The minimum atomic E-state index is 0.225. The number of nitrogens with zero attached hydrogens (tertiary/aromatic N) is 1. The number of piperidine rings is 1. The molecule has 2 fully saturated rings. The minimum absolute atomic E-state index is 0.225. The van der Waals surface area contributed by atoms with Crippen LogP contribution in [-0.2, 0) is 11.3 Å². The molecule has 2 unspecified atom stereocenters. The van der Waals surface area contributed by atoms with Gasteiger partial charge in [0.05, 0.1) is 0 Å². The Balaban J connectivity index is 1.69. The molecule has 1 amide bonds. The van der Waals surface area contributed by atoms with E-state index in [-0.39, 0.29) is 17.1 Å². The summed E-state index contributed by atoms with van der Waals surface area (Å²) in [5.41, 5.74) is 1.30. The molecule has 1 aliphatic heterocycles. The average molecular weight is 231 g/mol. The lowest BCUT2D eigenvalue weighted by molar-refractivity contribution is -0.131. The van der Waals surface area contributed by atoms with Gasteiger partial charge in [0, 0.05) is 19.0 Å². The zero-order valence-corrected chi connectivity index (χ0v) is 10.2. The molecular formula is C14H17NO2. The third-order valence-corrected chi connectivity index (χ3v) is 4.36. The summed E-state index contributed by atoms with van der Waals surface area (Å²) in [6, 6.07) is 7.08. The van der Waals surface area contributed by atoms with Crippen LogP contribution in [0.5, 0.6) is 5.75 Å². The summed E-state index contributed by atoms with van der Waals surface area (Å²) < 4.78 is 0. The van der Waals surface area contributed by atoms with Crippen molar-refractivity contribution in [2.45, 2.75) is 20.4 Å². The van der Waals surface area contributed by atoms with Gasteiger partial charge < -0.3 is 10.0 Å². The first-order chi connectivity index (χ1) is 8.00. The number of benzene rings is 1. The third kappa shape index (κ3) is 1.53. The molecule has 1 saturated heterocycles. The molecular weight excluding hydrogens is 214 g/mol. The summed E-state index contributed by atoms with van der Waals surface area (Å²) in [5.74, 6) is 1.37. The highest BCUT2D eigenvalue weighted by Crippen LogP contribution is 2.62. The van der Waals surface area contributed by atoms with E-state index in [1.807, 2.05) is 17.0 Å². The Morgan fingerprint density at radius 1 is 1.35 bits per heavy atom. The van der Waals surface area contributed by atoms with Crippen molar-refractivity contribution in [2.24, 2.45) is 17.3 Å². The van der Waals surface area contributed by atoms with Gasteiger partial charge in [0.2, 0.25) is 5.91 Å². The van der Waals surface area contributed by atoms with Gasteiger partial charge >= 0.3 is 0 Å². The van der Waals surface area contributed by atoms with E-state index in [1.54, 1.807) is 12.1 Å². The van der Waals surface area contributed by atoms with E-state index in [2.05, 4.69) is 13.8 Å². The maximum Gasteiger partial charge on any atom is 0.226 e. The number of phenolic OH excluding ortho intramolecular Hbond substituents is 1. The zero-order valence-electron chi connectivity index (χ0n) is 10.2. The van der Waals surface area contributed by atoms with Crippen LogP contribution in [0.3, 0.4) is 0 Å². The van der Waals surface area contributed by atoms with E-state index in [4.69, 9.17) is 0 Å². The van der Waals surface area contributed by atoms with Gasteiger partial charge in [-0.05, 0) is 29.0 Å². The van der Waals surface area contributed by atoms with E-state index < -0.39 is 0 Å². The monoisotopic (exact) mass is 231 g/mol. The van der Waals surface area contributed by atoms with Crippen LogP contribution < -0.4 is 0 Å². The molecule has 1 heterocycles. The molecule has 1 N–H and O–H groups in total. The van der Waals surface area contributed by atoms with Gasteiger partial charge in [-0.2, -0.15) is 0 Å². The normalized spacial score (nSPS) is 29.3. The van der Waals surface area contributed by atoms with Gasteiger partial charge in [-0.3, -0.25) is 4.79 Å². The smallest absolute Gasteiger partial charge is 0.226 e. The van der Waals surface area contributed by atoms with Crippen LogP contribution in [0.4, 0.5) is 0 Å². The van der Waals surface area contributed by atoms with Crippen LogP contribution >= 0.6 is 0 Å². The van der Waals surface area contributed by atoms with Crippen molar-refractivity contribution in [1.82, 2.24) is 4.90 Å². The highest BCUT2D eigenvalue weighted by molar-refractivity contribution is 5.86. The summed E-state index contributed by atoms with van der Waals surface area (Å²) in [4.78, 5) is 14.0. The fourth-order valence-corrected chi connectivity index (χ4v) is 3.06. The fraction of sp³-hybridized carbons (Fsp3) is 0.500. The lowest BCUT2D eigenvalue weighted by atomic mass is 10.1. The number of carbonyl (C=O) groups excluding carboxylic acids is 1. The summed E-state index contributed by atoms with van der Waals surface area (Å²) in [6.45, 7) is 5.91.